The fourth-order valence-corrected chi connectivity index (χ4v) is 4.77. The summed E-state index contributed by atoms with van der Waals surface area (Å²) < 4.78 is 22.9. The smallest absolute Gasteiger partial charge is 0.377 e. The van der Waals surface area contributed by atoms with Crippen LogP contribution in [0.1, 0.15) is 40.0 Å². The molecule has 0 spiro atoms. The Morgan fingerprint density at radius 3 is 2.26 bits per heavy atom. The van der Waals surface area contributed by atoms with Gasteiger partial charge in [0.25, 0.3) is 0 Å². The lowest BCUT2D eigenvalue weighted by Crippen LogP contribution is -2.64. The highest BCUT2D eigenvalue weighted by atomic mass is 28.4. The highest BCUT2D eigenvalue weighted by Crippen LogP contribution is 2.39. The van der Waals surface area contributed by atoms with Crippen LogP contribution >= 0.6 is 0 Å². The first-order chi connectivity index (χ1) is 8.72. The van der Waals surface area contributed by atoms with E-state index in [2.05, 4.69) is 20.8 Å². The van der Waals surface area contributed by atoms with Crippen LogP contribution < -0.4 is 5.73 Å². The van der Waals surface area contributed by atoms with Gasteiger partial charge in [-0.25, -0.2) is 0 Å². The van der Waals surface area contributed by atoms with E-state index in [1.807, 2.05) is 0 Å². The van der Waals surface area contributed by atoms with Crippen molar-refractivity contribution in [1.82, 2.24) is 0 Å². The summed E-state index contributed by atoms with van der Waals surface area (Å²) in [4.78, 5) is 0. The molecule has 6 heteroatoms. The average Bonchev–Trinajstić information content (AvgIpc) is 2.38. The predicted octanol–water partition coefficient (Wildman–Crippen LogP) is 2.13. The zero-order valence-electron chi connectivity index (χ0n) is 13.1. The number of hydrogen-bond acceptors (Lipinski definition) is 5. The quantitative estimate of drug-likeness (QED) is 0.786. The molecule has 2 unspecified atom stereocenters. The summed E-state index contributed by atoms with van der Waals surface area (Å²) in [6, 6.07) is 0.590. The Labute approximate surface area is 118 Å². The number of nitrogens with two attached hydrogens (primary N) is 1. The van der Waals surface area contributed by atoms with Crippen molar-refractivity contribution in [3.05, 3.63) is 0 Å². The highest BCUT2D eigenvalue weighted by molar-refractivity contribution is 6.60. The highest BCUT2D eigenvalue weighted by Gasteiger charge is 2.55. The van der Waals surface area contributed by atoms with Crippen LogP contribution in [-0.4, -0.2) is 42.0 Å². The van der Waals surface area contributed by atoms with Gasteiger partial charge in [-0.1, -0.05) is 20.8 Å². The molecule has 1 heterocycles. The van der Waals surface area contributed by atoms with E-state index in [0.29, 0.717) is 0 Å². The maximum Gasteiger partial charge on any atom is 0.502 e. The molecule has 5 nitrogen and oxygen atoms in total. The average molecular weight is 291 g/mol. The van der Waals surface area contributed by atoms with Crippen molar-refractivity contribution in [2.45, 2.75) is 57.9 Å². The van der Waals surface area contributed by atoms with Crippen LogP contribution in [0.2, 0.25) is 6.04 Å². The van der Waals surface area contributed by atoms with E-state index in [0.717, 1.165) is 25.3 Å². The van der Waals surface area contributed by atoms with Crippen molar-refractivity contribution in [2.24, 2.45) is 11.1 Å². The van der Waals surface area contributed by atoms with Gasteiger partial charge in [-0.2, -0.15) is 0 Å². The van der Waals surface area contributed by atoms with Crippen LogP contribution in [0.3, 0.4) is 0 Å². The van der Waals surface area contributed by atoms with Gasteiger partial charge < -0.3 is 23.7 Å². The van der Waals surface area contributed by atoms with E-state index in [-0.39, 0.29) is 11.5 Å². The van der Waals surface area contributed by atoms with Crippen molar-refractivity contribution in [2.75, 3.05) is 21.3 Å². The van der Waals surface area contributed by atoms with Gasteiger partial charge in [-0.3, -0.25) is 0 Å². The van der Waals surface area contributed by atoms with Gasteiger partial charge in [0, 0.05) is 33.8 Å². The topological polar surface area (TPSA) is 62.9 Å². The predicted molar refractivity (Wildman–Crippen MR) is 76.7 cm³/mol. The third kappa shape index (κ3) is 3.99. The lowest BCUT2D eigenvalue weighted by Gasteiger charge is -2.47. The molecule has 0 bridgehead atoms. The first-order valence-corrected chi connectivity index (χ1v) is 8.77. The molecule has 1 aliphatic rings. The molecule has 1 aliphatic heterocycles. The van der Waals surface area contributed by atoms with Crippen LogP contribution in [0.15, 0.2) is 0 Å². The van der Waals surface area contributed by atoms with Crippen molar-refractivity contribution in [1.29, 1.82) is 0 Å². The van der Waals surface area contributed by atoms with Crippen molar-refractivity contribution in [3.63, 3.8) is 0 Å². The maximum atomic E-state index is 6.25. The summed E-state index contributed by atoms with van der Waals surface area (Å²) >= 11 is 0. The lowest BCUT2D eigenvalue weighted by molar-refractivity contribution is -0.223. The molecule has 0 aliphatic carbocycles. The third-order valence-electron chi connectivity index (χ3n) is 3.85. The monoisotopic (exact) mass is 291 g/mol. The number of hydrogen-bond donors (Lipinski definition) is 1. The SMILES string of the molecule is COC1(CCC(C)(C)C)O[Si](OC)(OC)CCC1N. The Morgan fingerprint density at radius 1 is 1.26 bits per heavy atom. The van der Waals surface area contributed by atoms with Gasteiger partial charge in [0.15, 0.2) is 5.79 Å². The molecular formula is C13H29NO4Si. The van der Waals surface area contributed by atoms with E-state index in [9.17, 15) is 0 Å². The summed E-state index contributed by atoms with van der Waals surface area (Å²) in [5.74, 6) is -0.788. The van der Waals surface area contributed by atoms with E-state index in [4.69, 9.17) is 23.7 Å². The first-order valence-electron chi connectivity index (χ1n) is 6.84. The van der Waals surface area contributed by atoms with E-state index < -0.39 is 14.6 Å². The molecule has 2 N–H and O–H groups in total. The Kier molecular flexibility index (Phi) is 5.57. The number of ether oxygens (including phenoxy) is 1. The van der Waals surface area contributed by atoms with Gasteiger partial charge in [-0.05, 0) is 18.3 Å². The fourth-order valence-electron chi connectivity index (χ4n) is 2.39. The molecule has 0 aromatic heterocycles. The molecule has 1 saturated heterocycles. The van der Waals surface area contributed by atoms with Crippen LogP contribution in [0.5, 0.6) is 0 Å². The van der Waals surface area contributed by atoms with Crippen molar-refractivity contribution in [3.8, 4) is 0 Å². The van der Waals surface area contributed by atoms with Crippen LogP contribution in [0.4, 0.5) is 0 Å². The van der Waals surface area contributed by atoms with Gasteiger partial charge in [-0.15, -0.1) is 0 Å². The molecule has 1 rings (SSSR count). The molecular weight excluding hydrogens is 262 g/mol. The molecule has 114 valence electrons. The summed E-state index contributed by atoms with van der Waals surface area (Å²) in [6.45, 7) is 6.59. The molecule has 0 aromatic rings. The second-order valence-electron chi connectivity index (χ2n) is 6.42. The Balaban J connectivity index is 2.88. The van der Waals surface area contributed by atoms with E-state index in [1.54, 1.807) is 21.3 Å². The molecule has 0 saturated carbocycles. The Bertz CT molecular complexity index is 291. The van der Waals surface area contributed by atoms with Gasteiger partial charge >= 0.3 is 8.80 Å². The number of methoxy groups -OCH3 is 1. The molecule has 2 atom stereocenters. The summed E-state index contributed by atoms with van der Waals surface area (Å²) in [5, 5.41) is 0. The molecule has 0 radical (unpaired) electrons. The van der Waals surface area contributed by atoms with Gasteiger partial charge in [0.2, 0.25) is 0 Å². The molecule has 0 amide bonds. The number of rotatable bonds is 5. The van der Waals surface area contributed by atoms with Gasteiger partial charge in [0.05, 0.1) is 6.04 Å². The summed E-state index contributed by atoms with van der Waals surface area (Å²) in [6.07, 6.45) is 2.51. The Morgan fingerprint density at radius 2 is 1.84 bits per heavy atom. The second-order valence-corrected chi connectivity index (χ2v) is 9.30. The largest absolute Gasteiger partial charge is 0.502 e. The zero-order chi connectivity index (χ0) is 14.7. The molecule has 1 fully saturated rings. The normalized spacial score (nSPS) is 31.4. The van der Waals surface area contributed by atoms with E-state index in [1.165, 1.54) is 0 Å². The molecule has 0 aromatic carbocycles. The fraction of sp³-hybridized carbons (Fsp3) is 1.00. The summed E-state index contributed by atoms with van der Waals surface area (Å²) in [5.41, 5.74) is 6.45. The minimum atomic E-state index is -2.63. The molecule has 19 heavy (non-hydrogen) atoms. The van der Waals surface area contributed by atoms with Crippen LogP contribution in [-0.2, 0) is 18.0 Å². The van der Waals surface area contributed by atoms with Crippen LogP contribution in [0, 0.1) is 5.41 Å². The second kappa shape index (κ2) is 6.20. The lowest BCUT2D eigenvalue weighted by atomic mass is 9.86. The van der Waals surface area contributed by atoms with Crippen molar-refractivity contribution >= 4 is 8.80 Å². The minimum Gasteiger partial charge on any atom is -0.377 e. The van der Waals surface area contributed by atoms with Crippen LogP contribution in [0.25, 0.3) is 0 Å². The van der Waals surface area contributed by atoms with E-state index >= 15 is 0 Å². The van der Waals surface area contributed by atoms with Gasteiger partial charge in [0.1, 0.15) is 0 Å². The third-order valence-corrected chi connectivity index (χ3v) is 6.65. The zero-order valence-corrected chi connectivity index (χ0v) is 14.1. The first kappa shape index (κ1) is 17.1. The Hall–Kier alpha value is 0.0169. The van der Waals surface area contributed by atoms with Crippen molar-refractivity contribution < 1.29 is 18.0 Å². The minimum absolute atomic E-state index is 0.147. The summed E-state index contributed by atoms with van der Waals surface area (Å²) in [7, 11) is 2.29. The maximum absolute atomic E-state index is 6.25. The standard InChI is InChI=1S/C13H29NO4Si/c1-12(2,3)8-9-13(15-4)11(14)7-10-19(16-5,17-6)18-13/h11H,7-10,14H2,1-6H3.